The number of nitrogens with one attached hydrogen (secondary N) is 1. The molecule has 1 aromatic rings. The number of alkyl halides is 1. The SMILES string of the molecule is Cc1ncsc1C(=O)NC(C)CCBr. The molecule has 1 aromatic heterocycles. The van der Waals surface area contributed by atoms with Crippen LogP contribution in [0.15, 0.2) is 5.51 Å². The van der Waals surface area contributed by atoms with Crippen molar-refractivity contribution in [2.45, 2.75) is 26.3 Å². The van der Waals surface area contributed by atoms with E-state index in [2.05, 4.69) is 26.2 Å². The number of thiazole rings is 1. The van der Waals surface area contributed by atoms with Crippen LogP contribution < -0.4 is 5.32 Å². The van der Waals surface area contributed by atoms with Crippen molar-refractivity contribution in [2.24, 2.45) is 0 Å². The summed E-state index contributed by atoms with van der Waals surface area (Å²) in [6.07, 6.45) is 0.934. The van der Waals surface area contributed by atoms with E-state index in [1.54, 1.807) is 5.51 Å². The molecular weight excluding hydrogens is 264 g/mol. The number of aromatic nitrogens is 1. The first-order valence-corrected chi connectivity index (χ1v) is 6.42. The van der Waals surface area contributed by atoms with Crippen LogP contribution in [-0.2, 0) is 0 Å². The number of carbonyl (C=O) groups excluding carboxylic acids is 1. The molecule has 78 valence electrons. The summed E-state index contributed by atoms with van der Waals surface area (Å²) in [4.78, 5) is 16.4. The van der Waals surface area contributed by atoms with Crippen molar-refractivity contribution in [3.63, 3.8) is 0 Å². The standard InChI is InChI=1S/C9H13BrN2OS/c1-6(3-4-10)12-9(13)8-7(2)11-5-14-8/h5-6H,3-4H2,1-2H3,(H,12,13). The minimum Gasteiger partial charge on any atom is -0.349 e. The Hall–Kier alpha value is -0.420. The predicted octanol–water partition coefficient (Wildman–Crippen LogP) is 2.35. The van der Waals surface area contributed by atoms with Crippen LogP contribution in [0, 0.1) is 6.92 Å². The van der Waals surface area contributed by atoms with Crippen LogP contribution in [0.1, 0.15) is 28.7 Å². The Balaban J connectivity index is 2.55. The molecule has 0 bridgehead atoms. The van der Waals surface area contributed by atoms with Crippen LogP contribution in [-0.4, -0.2) is 22.3 Å². The lowest BCUT2D eigenvalue weighted by molar-refractivity contribution is 0.0943. The summed E-state index contributed by atoms with van der Waals surface area (Å²) in [6, 6.07) is 0.198. The summed E-state index contributed by atoms with van der Waals surface area (Å²) in [7, 11) is 0. The van der Waals surface area contributed by atoms with E-state index in [1.165, 1.54) is 11.3 Å². The third-order valence-corrected chi connectivity index (χ3v) is 3.26. The van der Waals surface area contributed by atoms with Gasteiger partial charge in [0.1, 0.15) is 4.88 Å². The van der Waals surface area contributed by atoms with E-state index >= 15 is 0 Å². The zero-order chi connectivity index (χ0) is 10.6. The first kappa shape index (κ1) is 11.7. The number of aryl methyl sites for hydroxylation is 1. The predicted molar refractivity (Wildman–Crippen MR) is 62.2 cm³/mol. The van der Waals surface area contributed by atoms with Crippen LogP contribution in [0.5, 0.6) is 0 Å². The van der Waals surface area contributed by atoms with Gasteiger partial charge in [0.05, 0.1) is 11.2 Å². The highest BCUT2D eigenvalue weighted by Gasteiger charge is 2.13. The molecule has 1 N–H and O–H groups in total. The molecule has 3 nitrogen and oxygen atoms in total. The number of rotatable bonds is 4. The largest absolute Gasteiger partial charge is 0.349 e. The zero-order valence-corrected chi connectivity index (χ0v) is 10.6. The highest BCUT2D eigenvalue weighted by atomic mass is 79.9. The Morgan fingerprint density at radius 1 is 1.79 bits per heavy atom. The van der Waals surface area contributed by atoms with Gasteiger partial charge in [0, 0.05) is 11.4 Å². The van der Waals surface area contributed by atoms with E-state index in [0.29, 0.717) is 4.88 Å². The van der Waals surface area contributed by atoms with E-state index in [-0.39, 0.29) is 11.9 Å². The molecule has 0 aliphatic rings. The van der Waals surface area contributed by atoms with Gasteiger partial charge in [0.15, 0.2) is 0 Å². The van der Waals surface area contributed by atoms with Gasteiger partial charge in [-0.15, -0.1) is 11.3 Å². The second-order valence-electron chi connectivity index (χ2n) is 3.12. The highest BCUT2D eigenvalue weighted by molar-refractivity contribution is 9.09. The van der Waals surface area contributed by atoms with Crippen molar-refractivity contribution in [3.05, 3.63) is 16.1 Å². The lowest BCUT2D eigenvalue weighted by Crippen LogP contribution is -2.32. The van der Waals surface area contributed by atoms with Crippen LogP contribution in [0.25, 0.3) is 0 Å². The fraction of sp³-hybridized carbons (Fsp3) is 0.556. The summed E-state index contributed by atoms with van der Waals surface area (Å²) in [5.74, 6) is -0.0153. The number of carbonyl (C=O) groups is 1. The molecule has 0 aromatic carbocycles. The van der Waals surface area contributed by atoms with Crippen molar-refractivity contribution in [1.29, 1.82) is 0 Å². The monoisotopic (exact) mass is 276 g/mol. The Bertz CT molecular complexity index is 314. The third-order valence-electron chi connectivity index (χ3n) is 1.87. The molecule has 5 heteroatoms. The highest BCUT2D eigenvalue weighted by Crippen LogP contribution is 2.12. The third kappa shape index (κ3) is 3.06. The van der Waals surface area contributed by atoms with Gasteiger partial charge in [0.2, 0.25) is 0 Å². The number of hydrogen-bond acceptors (Lipinski definition) is 3. The van der Waals surface area contributed by atoms with Gasteiger partial charge in [-0.3, -0.25) is 4.79 Å². The van der Waals surface area contributed by atoms with Gasteiger partial charge in [-0.05, 0) is 20.3 Å². The molecule has 0 radical (unpaired) electrons. The van der Waals surface area contributed by atoms with E-state index in [4.69, 9.17) is 0 Å². The average molecular weight is 277 g/mol. The topological polar surface area (TPSA) is 42.0 Å². The van der Waals surface area contributed by atoms with E-state index in [1.807, 2.05) is 13.8 Å². The molecule has 0 spiro atoms. The van der Waals surface area contributed by atoms with Crippen molar-refractivity contribution >= 4 is 33.2 Å². The fourth-order valence-corrected chi connectivity index (χ4v) is 2.44. The second kappa shape index (κ2) is 5.46. The first-order valence-electron chi connectivity index (χ1n) is 4.42. The van der Waals surface area contributed by atoms with Gasteiger partial charge in [-0.2, -0.15) is 0 Å². The van der Waals surface area contributed by atoms with Crippen LogP contribution in [0.3, 0.4) is 0 Å². The smallest absolute Gasteiger partial charge is 0.263 e. The van der Waals surface area contributed by atoms with Gasteiger partial charge >= 0.3 is 0 Å². The summed E-state index contributed by atoms with van der Waals surface area (Å²) < 4.78 is 0. The maximum atomic E-state index is 11.7. The Kier molecular flexibility index (Phi) is 4.54. The molecule has 1 unspecified atom stereocenters. The van der Waals surface area contributed by atoms with Crippen molar-refractivity contribution < 1.29 is 4.79 Å². The number of amides is 1. The maximum Gasteiger partial charge on any atom is 0.263 e. The first-order chi connectivity index (χ1) is 6.65. The summed E-state index contributed by atoms with van der Waals surface area (Å²) in [5.41, 5.74) is 2.50. The summed E-state index contributed by atoms with van der Waals surface area (Å²) >= 11 is 4.72. The summed E-state index contributed by atoms with van der Waals surface area (Å²) in [6.45, 7) is 3.84. The van der Waals surface area contributed by atoms with Gasteiger partial charge in [-0.1, -0.05) is 15.9 Å². The molecule has 1 amide bonds. The lowest BCUT2D eigenvalue weighted by Gasteiger charge is -2.11. The Morgan fingerprint density at radius 2 is 2.50 bits per heavy atom. The van der Waals surface area contributed by atoms with E-state index < -0.39 is 0 Å². The molecule has 0 fully saturated rings. The van der Waals surface area contributed by atoms with Gasteiger partial charge in [0.25, 0.3) is 5.91 Å². The minimum atomic E-state index is -0.0153. The molecular formula is C9H13BrN2OS. The van der Waals surface area contributed by atoms with E-state index in [0.717, 1.165) is 17.4 Å². The average Bonchev–Trinajstić information content (AvgIpc) is 2.51. The number of nitrogens with zero attached hydrogens (tertiary/aromatic N) is 1. The molecule has 0 aliphatic carbocycles. The molecule has 1 atom stereocenters. The second-order valence-corrected chi connectivity index (χ2v) is 4.77. The molecule has 1 heterocycles. The number of hydrogen-bond donors (Lipinski definition) is 1. The van der Waals surface area contributed by atoms with Crippen molar-refractivity contribution in [1.82, 2.24) is 10.3 Å². The quantitative estimate of drug-likeness (QED) is 0.858. The molecule has 0 saturated carbocycles. The van der Waals surface area contributed by atoms with Gasteiger partial charge in [-0.25, -0.2) is 4.98 Å². The van der Waals surface area contributed by atoms with Crippen molar-refractivity contribution in [3.8, 4) is 0 Å². The van der Waals surface area contributed by atoms with Crippen LogP contribution in [0.2, 0.25) is 0 Å². The maximum absolute atomic E-state index is 11.7. The van der Waals surface area contributed by atoms with Crippen LogP contribution in [0.4, 0.5) is 0 Å². The molecule has 0 saturated heterocycles. The minimum absolute atomic E-state index is 0.0153. The Morgan fingerprint density at radius 3 is 3.00 bits per heavy atom. The lowest BCUT2D eigenvalue weighted by atomic mass is 10.2. The fourth-order valence-electron chi connectivity index (χ4n) is 1.05. The normalized spacial score (nSPS) is 12.5. The van der Waals surface area contributed by atoms with Gasteiger partial charge < -0.3 is 5.32 Å². The van der Waals surface area contributed by atoms with Crippen molar-refractivity contribution in [2.75, 3.05) is 5.33 Å². The summed E-state index contributed by atoms with van der Waals surface area (Å²) in [5, 5.41) is 3.82. The number of halogens is 1. The Labute approximate surface area is 96.1 Å². The molecule has 14 heavy (non-hydrogen) atoms. The molecule has 0 aliphatic heterocycles. The van der Waals surface area contributed by atoms with Crippen LogP contribution >= 0.6 is 27.3 Å². The molecule has 1 rings (SSSR count). The van der Waals surface area contributed by atoms with E-state index in [9.17, 15) is 4.79 Å². The zero-order valence-electron chi connectivity index (χ0n) is 8.21.